The molecule has 10 heteroatoms. The van der Waals surface area contributed by atoms with Crippen molar-refractivity contribution in [2.45, 2.75) is 26.2 Å². The molecule has 1 heterocycles. The maximum absolute atomic E-state index is 12.1. The molecular formula is C28H36N8O2. The lowest BCUT2D eigenvalue weighted by Crippen LogP contribution is -2.38. The molecule has 0 saturated carbocycles. The van der Waals surface area contributed by atoms with Crippen molar-refractivity contribution in [1.29, 1.82) is 5.26 Å². The van der Waals surface area contributed by atoms with Crippen LogP contribution in [0.5, 0.6) is 0 Å². The van der Waals surface area contributed by atoms with Gasteiger partial charge in [0.05, 0.1) is 29.9 Å². The molecule has 2 amide bonds. The van der Waals surface area contributed by atoms with Gasteiger partial charge in [0.2, 0.25) is 17.8 Å². The predicted molar refractivity (Wildman–Crippen MR) is 150 cm³/mol. The smallest absolute Gasteiger partial charge is 0.246 e. The Hall–Kier alpha value is -4.41. The molecule has 10 nitrogen and oxygen atoms in total. The normalized spacial score (nSPS) is 10.4. The van der Waals surface area contributed by atoms with Gasteiger partial charge in [-0.3, -0.25) is 9.59 Å². The number of hydrogen-bond donors (Lipinski definition) is 3. The summed E-state index contributed by atoms with van der Waals surface area (Å²) in [5.74, 6) is 6.84. The Morgan fingerprint density at radius 1 is 1.18 bits per heavy atom. The molecular weight excluding hydrogens is 480 g/mol. The SMILES string of the molecule is CCCNc1nc(Nc2cccc(C#N)c2)ncc1C#CCCCNC(=O)CN(C)C(=O)/C=C/CN(C)C. The molecule has 0 spiro atoms. The molecule has 2 aromatic rings. The molecule has 0 saturated heterocycles. The molecule has 200 valence electrons. The molecule has 0 aliphatic rings. The van der Waals surface area contributed by atoms with Crippen LogP contribution in [0.4, 0.5) is 17.5 Å². The quantitative estimate of drug-likeness (QED) is 0.211. The van der Waals surface area contributed by atoms with Crippen LogP contribution in [-0.2, 0) is 9.59 Å². The van der Waals surface area contributed by atoms with E-state index < -0.39 is 0 Å². The minimum atomic E-state index is -0.210. The first-order valence-electron chi connectivity index (χ1n) is 12.5. The second-order valence-electron chi connectivity index (χ2n) is 8.81. The zero-order valence-electron chi connectivity index (χ0n) is 22.5. The predicted octanol–water partition coefficient (Wildman–Crippen LogP) is 2.74. The highest BCUT2D eigenvalue weighted by molar-refractivity contribution is 5.91. The Balaban J connectivity index is 1.85. The van der Waals surface area contributed by atoms with Gasteiger partial charge in [-0.25, -0.2) is 4.98 Å². The molecule has 0 radical (unpaired) electrons. The first kappa shape index (κ1) is 29.8. The molecule has 0 fully saturated rings. The van der Waals surface area contributed by atoms with E-state index >= 15 is 0 Å². The van der Waals surface area contributed by atoms with Crippen LogP contribution in [0.2, 0.25) is 0 Å². The van der Waals surface area contributed by atoms with Crippen LogP contribution in [0.15, 0.2) is 42.6 Å². The number of likely N-dealkylation sites (N-methyl/N-ethyl adjacent to an activating group) is 2. The van der Waals surface area contributed by atoms with E-state index in [1.54, 1.807) is 37.5 Å². The van der Waals surface area contributed by atoms with Crippen molar-refractivity contribution in [2.75, 3.05) is 58.0 Å². The van der Waals surface area contributed by atoms with Crippen LogP contribution in [0.25, 0.3) is 0 Å². The maximum atomic E-state index is 12.1. The van der Waals surface area contributed by atoms with E-state index in [9.17, 15) is 9.59 Å². The van der Waals surface area contributed by atoms with Crippen molar-refractivity contribution in [1.82, 2.24) is 25.1 Å². The number of carbonyl (C=O) groups is 2. The number of benzene rings is 1. The summed E-state index contributed by atoms with van der Waals surface area (Å²) in [5.41, 5.74) is 1.95. The summed E-state index contributed by atoms with van der Waals surface area (Å²) in [6.45, 7) is 3.93. The number of rotatable bonds is 13. The monoisotopic (exact) mass is 516 g/mol. The Labute approximate surface area is 225 Å². The molecule has 0 atom stereocenters. The number of hydrogen-bond acceptors (Lipinski definition) is 8. The minimum absolute atomic E-state index is 0.00179. The number of anilines is 3. The standard InChI is InChI=1S/C28H36N8O2/c1-5-15-31-27-23(20-32-28(34-27)33-24-13-9-11-22(18-24)19-29)12-7-6-8-16-30-25(37)21-36(4)26(38)14-10-17-35(2)3/h9-11,13-14,18,20H,5-6,8,15-17,21H2,1-4H3,(H,30,37)(H2,31,32,33,34)/b14-10+. The summed E-state index contributed by atoms with van der Waals surface area (Å²) in [7, 11) is 5.43. The van der Waals surface area contributed by atoms with E-state index in [0.29, 0.717) is 48.8 Å². The summed E-state index contributed by atoms with van der Waals surface area (Å²) in [6.07, 6.45) is 7.09. The fourth-order valence-electron chi connectivity index (χ4n) is 3.11. The van der Waals surface area contributed by atoms with Crippen LogP contribution in [-0.4, -0.2) is 78.9 Å². The summed E-state index contributed by atoms with van der Waals surface area (Å²) in [4.78, 5) is 36.4. The van der Waals surface area contributed by atoms with Crippen LogP contribution >= 0.6 is 0 Å². The first-order chi connectivity index (χ1) is 18.3. The van der Waals surface area contributed by atoms with Gasteiger partial charge in [0, 0.05) is 44.9 Å². The average molecular weight is 517 g/mol. The van der Waals surface area contributed by atoms with E-state index in [1.807, 2.05) is 25.1 Å². The van der Waals surface area contributed by atoms with Gasteiger partial charge in [0.15, 0.2) is 0 Å². The molecule has 0 aliphatic carbocycles. The van der Waals surface area contributed by atoms with E-state index in [0.717, 1.165) is 18.7 Å². The largest absolute Gasteiger partial charge is 0.369 e. The zero-order chi connectivity index (χ0) is 27.8. The van der Waals surface area contributed by atoms with Crippen molar-refractivity contribution in [3.05, 3.63) is 53.7 Å². The molecule has 0 unspecified atom stereocenters. The molecule has 1 aromatic heterocycles. The van der Waals surface area contributed by atoms with Crippen molar-refractivity contribution >= 4 is 29.3 Å². The molecule has 0 aliphatic heterocycles. The van der Waals surface area contributed by atoms with E-state index in [1.165, 1.54) is 11.0 Å². The van der Waals surface area contributed by atoms with Crippen LogP contribution in [0.1, 0.15) is 37.3 Å². The minimum Gasteiger partial charge on any atom is -0.369 e. The molecule has 38 heavy (non-hydrogen) atoms. The lowest BCUT2D eigenvalue weighted by Gasteiger charge is -2.14. The Bertz CT molecular complexity index is 1210. The molecule has 1 aromatic carbocycles. The fraction of sp³-hybridized carbons (Fsp3) is 0.393. The third-order valence-electron chi connectivity index (χ3n) is 5.09. The number of nitrogens with zero attached hydrogens (tertiary/aromatic N) is 5. The third kappa shape index (κ3) is 11.1. The Morgan fingerprint density at radius 3 is 2.74 bits per heavy atom. The van der Waals surface area contributed by atoms with Gasteiger partial charge in [-0.15, -0.1) is 0 Å². The summed E-state index contributed by atoms with van der Waals surface area (Å²) in [6, 6.07) is 9.21. The maximum Gasteiger partial charge on any atom is 0.246 e. The number of nitriles is 1. The highest BCUT2D eigenvalue weighted by atomic mass is 16.2. The number of aromatic nitrogens is 2. The third-order valence-corrected chi connectivity index (χ3v) is 5.09. The van der Waals surface area contributed by atoms with Crippen LogP contribution in [0, 0.1) is 23.2 Å². The van der Waals surface area contributed by atoms with Crippen molar-refractivity contribution in [3.63, 3.8) is 0 Å². The highest BCUT2D eigenvalue weighted by Crippen LogP contribution is 2.18. The van der Waals surface area contributed by atoms with Crippen molar-refractivity contribution in [2.24, 2.45) is 0 Å². The fourth-order valence-corrected chi connectivity index (χ4v) is 3.11. The Kier molecular flexibility index (Phi) is 12.8. The van der Waals surface area contributed by atoms with Gasteiger partial charge in [-0.05, 0) is 45.1 Å². The van der Waals surface area contributed by atoms with E-state index in [2.05, 4.69) is 50.8 Å². The second-order valence-corrected chi connectivity index (χ2v) is 8.81. The lowest BCUT2D eigenvalue weighted by atomic mass is 10.2. The lowest BCUT2D eigenvalue weighted by molar-refractivity contribution is -0.131. The van der Waals surface area contributed by atoms with Gasteiger partial charge in [-0.2, -0.15) is 10.2 Å². The number of nitrogens with one attached hydrogen (secondary N) is 3. The molecule has 0 bridgehead atoms. The number of amides is 2. The van der Waals surface area contributed by atoms with E-state index in [4.69, 9.17) is 5.26 Å². The highest BCUT2D eigenvalue weighted by Gasteiger charge is 2.10. The van der Waals surface area contributed by atoms with E-state index in [-0.39, 0.29) is 18.4 Å². The summed E-state index contributed by atoms with van der Waals surface area (Å²) < 4.78 is 0. The Morgan fingerprint density at radius 2 is 2.00 bits per heavy atom. The number of carbonyl (C=O) groups excluding carboxylic acids is 2. The summed E-state index contributed by atoms with van der Waals surface area (Å²) in [5, 5.41) is 18.3. The average Bonchev–Trinajstić information content (AvgIpc) is 2.90. The van der Waals surface area contributed by atoms with Gasteiger partial charge >= 0.3 is 0 Å². The zero-order valence-corrected chi connectivity index (χ0v) is 22.5. The van der Waals surface area contributed by atoms with Gasteiger partial charge in [-0.1, -0.05) is 30.9 Å². The van der Waals surface area contributed by atoms with Gasteiger partial charge < -0.3 is 25.8 Å². The second kappa shape index (κ2) is 16.4. The number of unbranched alkanes of at least 4 members (excludes halogenated alkanes) is 1. The van der Waals surface area contributed by atoms with Crippen molar-refractivity contribution < 1.29 is 9.59 Å². The molecule has 2 rings (SSSR count). The van der Waals surface area contributed by atoms with Gasteiger partial charge in [0.25, 0.3) is 0 Å². The molecule has 3 N–H and O–H groups in total. The van der Waals surface area contributed by atoms with Crippen molar-refractivity contribution in [3.8, 4) is 17.9 Å². The van der Waals surface area contributed by atoms with Crippen LogP contribution in [0.3, 0.4) is 0 Å². The van der Waals surface area contributed by atoms with Crippen LogP contribution < -0.4 is 16.0 Å². The first-order valence-corrected chi connectivity index (χ1v) is 12.5. The topological polar surface area (TPSA) is 126 Å². The van der Waals surface area contributed by atoms with Gasteiger partial charge in [0.1, 0.15) is 5.82 Å². The summed E-state index contributed by atoms with van der Waals surface area (Å²) >= 11 is 0.